The number of phenols is 2. The molecular weight excluding hydrogens is 304 g/mol. The monoisotopic (exact) mass is 320 g/mol. The third kappa shape index (κ3) is 2.07. The average Bonchev–Trinajstić information content (AvgIpc) is 2.59. The number of hydrogen-bond acceptors (Lipinski definition) is 4. The zero-order chi connectivity index (χ0) is 17.4. The van der Waals surface area contributed by atoms with E-state index in [0.29, 0.717) is 11.1 Å². The highest BCUT2D eigenvalue weighted by atomic mass is 16.3. The Bertz CT molecular complexity index is 832. The van der Waals surface area contributed by atoms with Gasteiger partial charge in [0.05, 0.1) is 11.1 Å². The summed E-state index contributed by atoms with van der Waals surface area (Å²) in [5, 5.41) is 21.3. The molecule has 1 aliphatic carbocycles. The van der Waals surface area contributed by atoms with E-state index in [1.54, 1.807) is 36.4 Å². The molecule has 0 unspecified atom stereocenters. The second-order valence-electron chi connectivity index (χ2n) is 5.59. The second-order valence-corrected chi connectivity index (χ2v) is 5.59. The van der Waals surface area contributed by atoms with Crippen molar-refractivity contribution in [1.29, 1.82) is 0 Å². The first-order valence-corrected chi connectivity index (χ1v) is 7.52. The number of hydrogen-bond donors (Lipinski definition) is 2. The van der Waals surface area contributed by atoms with E-state index >= 15 is 0 Å². The van der Waals surface area contributed by atoms with Crippen LogP contribution in [0.4, 0.5) is 0 Å². The molecule has 4 nitrogen and oxygen atoms in total. The number of ketones is 2. The third-order valence-corrected chi connectivity index (χ3v) is 4.23. The fourth-order valence-corrected chi connectivity index (χ4v) is 3.14. The Balaban J connectivity index is 2.40. The van der Waals surface area contributed by atoms with Crippen molar-refractivity contribution in [1.82, 2.24) is 0 Å². The quantitative estimate of drug-likeness (QED) is 0.571. The lowest BCUT2D eigenvalue weighted by Gasteiger charge is -2.23. The number of allylic oxidation sites excluding steroid dienone is 2. The first-order chi connectivity index (χ1) is 11.5. The predicted octanol–water partition coefficient (Wildman–Crippen LogP) is 3.33. The Morgan fingerprint density at radius 2 is 1.17 bits per heavy atom. The summed E-state index contributed by atoms with van der Waals surface area (Å²) in [5.74, 6) is -1.48. The van der Waals surface area contributed by atoms with Crippen LogP contribution in [-0.2, 0) is 12.8 Å². The molecular formula is C20H16O4. The predicted molar refractivity (Wildman–Crippen MR) is 90.9 cm³/mol. The third-order valence-electron chi connectivity index (χ3n) is 4.23. The van der Waals surface area contributed by atoms with Crippen LogP contribution in [0, 0.1) is 0 Å². The van der Waals surface area contributed by atoms with Gasteiger partial charge < -0.3 is 10.2 Å². The normalized spacial score (nSPS) is 12.5. The van der Waals surface area contributed by atoms with Gasteiger partial charge in [0.1, 0.15) is 11.5 Å². The van der Waals surface area contributed by atoms with Crippen molar-refractivity contribution in [2.75, 3.05) is 0 Å². The Morgan fingerprint density at radius 1 is 0.792 bits per heavy atom. The van der Waals surface area contributed by atoms with Crippen LogP contribution in [-0.4, -0.2) is 21.8 Å². The average molecular weight is 320 g/mol. The van der Waals surface area contributed by atoms with Crippen molar-refractivity contribution in [3.8, 4) is 11.5 Å². The molecule has 24 heavy (non-hydrogen) atoms. The lowest BCUT2D eigenvalue weighted by Crippen LogP contribution is -2.22. The molecule has 0 aliphatic heterocycles. The molecule has 0 radical (unpaired) electrons. The summed E-state index contributed by atoms with van der Waals surface area (Å²) in [4.78, 5) is 25.6. The minimum atomic E-state index is -0.469. The Kier molecular flexibility index (Phi) is 3.81. The van der Waals surface area contributed by atoms with Gasteiger partial charge in [-0.1, -0.05) is 36.4 Å². The molecule has 0 amide bonds. The van der Waals surface area contributed by atoms with E-state index in [1.165, 1.54) is 0 Å². The Hall–Kier alpha value is -3.14. The van der Waals surface area contributed by atoms with Gasteiger partial charge in [-0.05, 0) is 12.8 Å². The number of fused-ring (bicyclic) bond motifs is 2. The molecule has 0 bridgehead atoms. The number of benzene rings is 2. The van der Waals surface area contributed by atoms with Gasteiger partial charge in [0.15, 0.2) is 11.6 Å². The summed E-state index contributed by atoms with van der Waals surface area (Å²) in [6.45, 7) is 7.28. The Morgan fingerprint density at radius 3 is 1.50 bits per heavy atom. The molecule has 0 saturated heterocycles. The zero-order valence-corrected chi connectivity index (χ0v) is 13.0. The van der Waals surface area contributed by atoms with Crippen LogP contribution < -0.4 is 0 Å². The number of phenolic OH excluding ortho intramolecular Hbond substituents is 2. The van der Waals surface area contributed by atoms with Gasteiger partial charge >= 0.3 is 0 Å². The maximum Gasteiger partial charge on any atom is 0.198 e. The van der Waals surface area contributed by atoms with Crippen LogP contribution >= 0.6 is 0 Å². The maximum absolute atomic E-state index is 12.8. The van der Waals surface area contributed by atoms with E-state index in [0.717, 1.165) is 0 Å². The van der Waals surface area contributed by atoms with Crippen molar-refractivity contribution in [2.45, 2.75) is 12.8 Å². The van der Waals surface area contributed by atoms with Crippen molar-refractivity contribution in [2.24, 2.45) is 0 Å². The highest BCUT2D eigenvalue weighted by Gasteiger charge is 2.36. The fraction of sp³-hybridized carbons (Fsp3) is 0.100. The molecule has 0 saturated carbocycles. The standard InChI is InChI=1S/C20H16O4/c1-3-7-11-12(8-4-2)18(22)16-15(17(11)21)19(23)13-9-5-6-10-14(13)20(16)24/h3-6,9-10,21-22H,1-2,7-8H2. The number of carbonyl (C=O) groups excluding carboxylic acids is 2. The van der Waals surface area contributed by atoms with Crippen LogP contribution in [0.5, 0.6) is 11.5 Å². The summed E-state index contributed by atoms with van der Waals surface area (Å²) >= 11 is 0. The molecule has 0 atom stereocenters. The number of carbonyl (C=O) groups is 2. The van der Waals surface area contributed by atoms with E-state index < -0.39 is 11.6 Å². The van der Waals surface area contributed by atoms with Crippen LogP contribution in [0.2, 0.25) is 0 Å². The first kappa shape index (κ1) is 15.7. The molecule has 0 fully saturated rings. The first-order valence-electron chi connectivity index (χ1n) is 7.52. The molecule has 1 aliphatic rings. The Labute approximate surface area is 139 Å². The molecule has 0 heterocycles. The SMILES string of the molecule is C=CCc1c(O)c2c(c(O)c1CC=C)C(=O)c1ccccc1C2=O. The van der Waals surface area contributed by atoms with Gasteiger partial charge in [0.25, 0.3) is 0 Å². The van der Waals surface area contributed by atoms with Gasteiger partial charge in [-0.3, -0.25) is 9.59 Å². The van der Waals surface area contributed by atoms with Crippen molar-refractivity contribution in [3.63, 3.8) is 0 Å². The molecule has 120 valence electrons. The van der Waals surface area contributed by atoms with E-state index in [2.05, 4.69) is 13.2 Å². The van der Waals surface area contributed by atoms with E-state index in [1.807, 2.05) is 0 Å². The maximum atomic E-state index is 12.8. The van der Waals surface area contributed by atoms with Crippen LogP contribution in [0.15, 0.2) is 49.6 Å². The topological polar surface area (TPSA) is 74.6 Å². The van der Waals surface area contributed by atoms with Gasteiger partial charge in [-0.15, -0.1) is 13.2 Å². The van der Waals surface area contributed by atoms with E-state index in [-0.39, 0.29) is 46.6 Å². The summed E-state index contributed by atoms with van der Waals surface area (Å²) < 4.78 is 0. The van der Waals surface area contributed by atoms with Crippen LogP contribution in [0.1, 0.15) is 43.0 Å². The minimum absolute atomic E-state index is 0.138. The lowest BCUT2D eigenvalue weighted by atomic mass is 9.79. The largest absolute Gasteiger partial charge is 0.507 e. The van der Waals surface area contributed by atoms with Gasteiger partial charge in [0.2, 0.25) is 0 Å². The summed E-state index contributed by atoms with van der Waals surface area (Å²) in [7, 11) is 0. The van der Waals surface area contributed by atoms with Gasteiger partial charge in [0, 0.05) is 22.3 Å². The molecule has 2 aromatic rings. The second kappa shape index (κ2) is 5.81. The highest BCUT2D eigenvalue weighted by Crippen LogP contribution is 2.43. The summed E-state index contributed by atoms with van der Waals surface area (Å²) in [6.07, 6.45) is 3.66. The lowest BCUT2D eigenvalue weighted by molar-refractivity contribution is 0.0974. The summed E-state index contributed by atoms with van der Waals surface area (Å²) in [5.41, 5.74) is 0.960. The molecule has 4 heteroatoms. The van der Waals surface area contributed by atoms with Crippen molar-refractivity contribution >= 4 is 11.6 Å². The smallest absolute Gasteiger partial charge is 0.198 e. The molecule has 0 spiro atoms. The molecule has 2 aromatic carbocycles. The number of rotatable bonds is 4. The molecule has 0 aromatic heterocycles. The van der Waals surface area contributed by atoms with E-state index in [9.17, 15) is 19.8 Å². The fourth-order valence-electron chi connectivity index (χ4n) is 3.14. The molecule has 3 rings (SSSR count). The van der Waals surface area contributed by atoms with Gasteiger partial charge in [-0.2, -0.15) is 0 Å². The zero-order valence-electron chi connectivity index (χ0n) is 13.0. The molecule has 2 N–H and O–H groups in total. The van der Waals surface area contributed by atoms with Crippen LogP contribution in [0.25, 0.3) is 0 Å². The van der Waals surface area contributed by atoms with E-state index in [4.69, 9.17) is 0 Å². The van der Waals surface area contributed by atoms with Crippen LogP contribution in [0.3, 0.4) is 0 Å². The minimum Gasteiger partial charge on any atom is -0.507 e. The highest BCUT2D eigenvalue weighted by molar-refractivity contribution is 6.30. The van der Waals surface area contributed by atoms with Crippen molar-refractivity contribution in [3.05, 3.63) is 83.0 Å². The van der Waals surface area contributed by atoms with Gasteiger partial charge in [-0.25, -0.2) is 0 Å². The summed E-state index contributed by atoms with van der Waals surface area (Å²) in [6, 6.07) is 6.39. The number of aromatic hydroxyl groups is 2. The van der Waals surface area contributed by atoms with Crippen molar-refractivity contribution < 1.29 is 19.8 Å².